The molecule has 0 bridgehead atoms. The maximum Gasteiger partial charge on any atom is 0.275 e. The van der Waals surface area contributed by atoms with Gasteiger partial charge < -0.3 is 11.1 Å². The molecule has 21 heavy (non-hydrogen) atoms. The Bertz CT molecular complexity index is 836. The van der Waals surface area contributed by atoms with Crippen LogP contribution in [0.5, 0.6) is 0 Å². The molecule has 0 atom stereocenters. The van der Waals surface area contributed by atoms with Crippen molar-refractivity contribution in [3.63, 3.8) is 0 Å². The van der Waals surface area contributed by atoms with Gasteiger partial charge in [-0.25, -0.2) is 15.0 Å². The third-order valence-electron chi connectivity index (χ3n) is 2.86. The van der Waals surface area contributed by atoms with E-state index in [9.17, 15) is 4.79 Å². The van der Waals surface area contributed by atoms with E-state index in [0.29, 0.717) is 17.0 Å². The van der Waals surface area contributed by atoms with E-state index in [0.717, 1.165) is 5.39 Å². The Morgan fingerprint density at radius 1 is 1.19 bits per heavy atom. The first-order valence-electron chi connectivity index (χ1n) is 6.07. The first-order valence-corrected chi connectivity index (χ1v) is 6.45. The van der Waals surface area contributed by atoms with E-state index in [-0.39, 0.29) is 10.8 Å². The van der Waals surface area contributed by atoms with E-state index in [1.165, 1.54) is 18.5 Å². The highest BCUT2D eigenvalue weighted by molar-refractivity contribution is 6.29. The number of halogens is 1. The zero-order valence-corrected chi connectivity index (χ0v) is 11.5. The summed E-state index contributed by atoms with van der Waals surface area (Å²) in [4.78, 5) is 24.1. The lowest BCUT2D eigenvalue weighted by Gasteiger charge is -2.07. The minimum absolute atomic E-state index is 0.209. The maximum atomic E-state index is 12.2. The molecule has 0 aliphatic heterocycles. The molecule has 2 aromatic heterocycles. The molecule has 1 aromatic carbocycles. The highest BCUT2D eigenvalue weighted by Crippen LogP contribution is 2.20. The van der Waals surface area contributed by atoms with Gasteiger partial charge in [0.1, 0.15) is 23.0 Å². The monoisotopic (exact) mass is 299 g/mol. The van der Waals surface area contributed by atoms with Gasteiger partial charge in [0.25, 0.3) is 5.91 Å². The Morgan fingerprint density at radius 3 is 2.81 bits per heavy atom. The first-order chi connectivity index (χ1) is 10.1. The summed E-state index contributed by atoms with van der Waals surface area (Å²) in [5, 5.41) is 3.65. The van der Waals surface area contributed by atoms with Crippen molar-refractivity contribution in [2.24, 2.45) is 0 Å². The second-order valence-electron chi connectivity index (χ2n) is 4.29. The molecule has 0 fully saturated rings. The van der Waals surface area contributed by atoms with Crippen molar-refractivity contribution in [2.75, 3.05) is 11.1 Å². The Labute approximate surface area is 125 Å². The van der Waals surface area contributed by atoms with Crippen molar-refractivity contribution in [2.45, 2.75) is 0 Å². The quantitative estimate of drug-likeness (QED) is 0.709. The van der Waals surface area contributed by atoms with Crippen LogP contribution in [0, 0.1) is 0 Å². The number of rotatable bonds is 2. The van der Waals surface area contributed by atoms with E-state index in [1.807, 2.05) is 18.2 Å². The number of aromatic nitrogens is 3. The molecule has 3 rings (SSSR count). The van der Waals surface area contributed by atoms with Gasteiger partial charge in [-0.2, -0.15) is 0 Å². The zero-order chi connectivity index (χ0) is 14.8. The molecule has 104 valence electrons. The SMILES string of the molecule is Nc1cc(C(=O)Nc2cc(Cl)ncn2)nc2ccccc12. The van der Waals surface area contributed by atoms with Gasteiger partial charge in [-0.3, -0.25) is 4.79 Å². The molecule has 1 amide bonds. The number of hydrogen-bond donors (Lipinski definition) is 2. The summed E-state index contributed by atoms with van der Waals surface area (Å²) in [5.74, 6) is -0.115. The van der Waals surface area contributed by atoms with Crippen molar-refractivity contribution in [3.05, 3.63) is 53.6 Å². The van der Waals surface area contributed by atoms with Gasteiger partial charge in [0.15, 0.2) is 0 Å². The standard InChI is InChI=1S/C14H10ClN5O/c15-12-6-13(18-7-17-12)20-14(21)11-5-9(16)8-3-1-2-4-10(8)19-11/h1-7H,(H2,16,19)(H,17,18,20,21). The number of nitrogen functional groups attached to an aromatic ring is 1. The molecule has 3 aromatic rings. The molecule has 3 N–H and O–H groups in total. The van der Waals surface area contributed by atoms with Crippen molar-refractivity contribution >= 4 is 39.9 Å². The van der Waals surface area contributed by atoms with Crippen LogP contribution in [-0.4, -0.2) is 20.9 Å². The number of para-hydroxylation sites is 1. The maximum absolute atomic E-state index is 12.2. The number of benzene rings is 1. The van der Waals surface area contributed by atoms with Crippen LogP contribution in [0.25, 0.3) is 10.9 Å². The number of pyridine rings is 1. The highest BCUT2D eigenvalue weighted by Gasteiger charge is 2.11. The number of anilines is 2. The van der Waals surface area contributed by atoms with Crippen LogP contribution in [0.4, 0.5) is 11.5 Å². The van der Waals surface area contributed by atoms with Crippen LogP contribution >= 0.6 is 11.6 Å². The second-order valence-corrected chi connectivity index (χ2v) is 4.68. The van der Waals surface area contributed by atoms with Crippen molar-refractivity contribution in [1.29, 1.82) is 0 Å². The molecule has 0 saturated carbocycles. The first kappa shape index (κ1) is 13.3. The van der Waals surface area contributed by atoms with Crippen LogP contribution in [0.1, 0.15) is 10.5 Å². The minimum atomic E-state index is -0.415. The van der Waals surface area contributed by atoms with Gasteiger partial charge in [0.05, 0.1) is 5.52 Å². The van der Waals surface area contributed by atoms with Gasteiger partial charge in [-0.05, 0) is 12.1 Å². The number of nitrogens with zero attached hydrogens (tertiary/aromatic N) is 3. The van der Waals surface area contributed by atoms with E-state index in [1.54, 1.807) is 6.07 Å². The molecule has 0 radical (unpaired) electrons. The second kappa shape index (κ2) is 5.34. The van der Waals surface area contributed by atoms with E-state index >= 15 is 0 Å². The van der Waals surface area contributed by atoms with Crippen LogP contribution in [0.3, 0.4) is 0 Å². The number of nitrogens with two attached hydrogens (primary N) is 1. The van der Waals surface area contributed by atoms with Crippen LogP contribution in [-0.2, 0) is 0 Å². The molecular weight excluding hydrogens is 290 g/mol. The summed E-state index contributed by atoms with van der Waals surface area (Å²) >= 11 is 5.74. The molecule has 2 heterocycles. The van der Waals surface area contributed by atoms with Crippen LogP contribution in [0.15, 0.2) is 42.7 Å². The lowest BCUT2D eigenvalue weighted by atomic mass is 10.1. The minimum Gasteiger partial charge on any atom is -0.398 e. The summed E-state index contributed by atoms with van der Waals surface area (Å²) in [7, 11) is 0. The van der Waals surface area contributed by atoms with Crippen molar-refractivity contribution in [3.8, 4) is 0 Å². The van der Waals surface area contributed by atoms with Crippen molar-refractivity contribution < 1.29 is 4.79 Å². The molecule has 0 aliphatic rings. The summed E-state index contributed by atoms with van der Waals surface area (Å²) in [6, 6.07) is 10.3. The van der Waals surface area contributed by atoms with E-state index < -0.39 is 5.91 Å². The van der Waals surface area contributed by atoms with Gasteiger partial charge in [0, 0.05) is 17.1 Å². The Morgan fingerprint density at radius 2 is 2.00 bits per heavy atom. The topological polar surface area (TPSA) is 93.8 Å². The predicted molar refractivity (Wildman–Crippen MR) is 81.2 cm³/mol. The fourth-order valence-corrected chi connectivity index (χ4v) is 2.05. The zero-order valence-electron chi connectivity index (χ0n) is 10.7. The molecule has 0 spiro atoms. The molecule has 0 aliphatic carbocycles. The average Bonchev–Trinajstić information content (AvgIpc) is 2.47. The summed E-state index contributed by atoms with van der Waals surface area (Å²) in [6.45, 7) is 0. The van der Waals surface area contributed by atoms with Gasteiger partial charge in [-0.1, -0.05) is 29.8 Å². The normalized spacial score (nSPS) is 10.5. The summed E-state index contributed by atoms with van der Waals surface area (Å²) in [5.41, 5.74) is 7.30. The molecule has 7 heteroatoms. The summed E-state index contributed by atoms with van der Waals surface area (Å²) in [6.07, 6.45) is 1.26. The van der Waals surface area contributed by atoms with Crippen LogP contribution in [0.2, 0.25) is 5.15 Å². The summed E-state index contributed by atoms with van der Waals surface area (Å²) < 4.78 is 0. The predicted octanol–water partition coefficient (Wildman–Crippen LogP) is 2.51. The van der Waals surface area contributed by atoms with E-state index in [2.05, 4.69) is 20.3 Å². The Balaban J connectivity index is 1.94. The lowest BCUT2D eigenvalue weighted by molar-refractivity contribution is 0.102. The Kier molecular flexibility index (Phi) is 3.37. The third kappa shape index (κ3) is 2.75. The number of fused-ring (bicyclic) bond motifs is 1. The molecule has 0 saturated heterocycles. The number of amides is 1. The average molecular weight is 300 g/mol. The van der Waals surface area contributed by atoms with Crippen LogP contribution < -0.4 is 11.1 Å². The Hall–Kier alpha value is -2.73. The van der Waals surface area contributed by atoms with Gasteiger partial charge >= 0.3 is 0 Å². The number of carbonyl (C=O) groups is 1. The molecule has 6 nitrogen and oxygen atoms in total. The lowest BCUT2D eigenvalue weighted by Crippen LogP contribution is -2.15. The van der Waals surface area contributed by atoms with E-state index in [4.69, 9.17) is 17.3 Å². The third-order valence-corrected chi connectivity index (χ3v) is 3.06. The number of hydrogen-bond acceptors (Lipinski definition) is 5. The van der Waals surface area contributed by atoms with Gasteiger partial charge in [0.2, 0.25) is 0 Å². The highest BCUT2D eigenvalue weighted by atomic mass is 35.5. The number of nitrogens with one attached hydrogen (secondary N) is 1. The van der Waals surface area contributed by atoms with Gasteiger partial charge in [-0.15, -0.1) is 0 Å². The fourth-order valence-electron chi connectivity index (χ4n) is 1.90. The molecular formula is C14H10ClN5O. The smallest absolute Gasteiger partial charge is 0.275 e. The molecule has 0 unspecified atom stereocenters. The fraction of sp³-hybridized carbons (Fsp3) is 0. The largest absolute Gasteiger partial charge is 0.398 e. The van der Waals surface area contributed by atoms with Crippen molar-refractivity contribution in [1.82, 2.24) is 15.0 Å². The number of carbonyl (C=O) groups excluding carboxylic acids is 1.